The Labute approximate surface area is 223 Å². The van der Waals surface area contributed by atoms with Crippen molar-refractivity contribution in [2.24, 2.45) is 0 Å². The van der Waals surface area contributed by atoms with Gasteiger partial charge in [-0.2, -0.15) is 0 Å². The molecule has 8 nitrogen and oxygen atoms in total. The maximum absolute atomic E-state index is 15.1. The summed E-state index contributed by atoms with van der Waals surface area (Å²) >= 11 is 0. The number of fused-ring (bicyclic) bond motifs is 1. The Hall–Kier alpha value is -4.73. The number of anilines is 2. The molecule has 0 saturated carbocycles. The number of carbonyl (C=O) groups excluding carboxylic acids is 3. The highest BCUT2D eigenvalue weighted by atomic mass is 19.3. The quantitative estimate of drug-likeness (QED) is 0.344. The van der Waals surface area contributed by atoms with Gasteiger partial charge in [-0.05, 0) is 42.5 Å². The van der Waals surface area contributed by atoms with Gasteiger partial charge in [-0.1, -0.05) is 24.3 Å². The van der Waals surface area contributed by atoms with Gasteiger partial charge in [0.25, 0.3) is 17.7 Å². The third-order valence-electron chi connectivity index (χ3n) is 6.28. The molecule has 1 heterocycles. The molecule has 0 spiro atoms. The maximum atomic E-state index is 15.1. The van der Waals surface area contributed by atoms with Crippen molar-refractivity contribution in [2.75, 3.05) is 38.1 Å². The van der Waals surface area contributed by atoms with Crippen LogP contribution in [0.25, 0.3) is 5.57 Å². The summed E-state index contributed by atoms with van der Waals surface area (Å²) in [5.41, 5.74) is 0.631. The van der Waals surface area contributed by atoms with Crippen LogP contribution in [0.15, 0.2) is 72.8 Å². The summed E-state index contributed by atoms with van der Waals surface area (Å²) in [7, 11) is 3.99. The molecule has 0 fully saturated rings. The van der Waals surface area contributed by atoms with E-state index in [0.717, 1.165) is 13.2 Å². The van der Waals surface area contributed by atoms with Crippen molar-refractivity contribution >= 4 is 34.7 Å². The highest BCUT2D eigenvalue weighted by molar-refractivity contribution is 6.10. The van der Waals surface area contributed by atoms with Gasteiger partial charge in [-0.15, -0.1) is 0 Å². The lowest BCUT2D eigenvalue weighted by Gasteiger charge is -2.23. The van der Waals surface area contributed by atoms with Gasteiger partial charge >= 0.3 is 5.97 Å². The van der Waals surface area contributed by atoms with Crippen molar-refractivity contribution in [1.82, 2.24) is 0 Å². The van der Waals surface area contributed by atoms with Crippen molar-refractivity contribution in [3.63, 3.8) is 0 Å². The van der Waals surface area contributed by atoms with Crippen LogP contribution in [0.5, 0.6) is 11.5 Å². The molecule has 2 amide bonds. The number of allylic oxidation sites excluding steroid dienone is 1. The number of nitrogens with zero attached hydrogens (tertiary/aromatic N) is 1. The van der Waals surface area contributed by atoms with E-state index in [1.807, 2.05) is 0 Å². The van der Waals surface area contributed by atoms with Crippen LogP contribution in [0.2, 0.25) is 0 Å². The predicted octanol–water partition coefficient (Wildman–Crippen LogP) is 5.20. The van der Waals surface area contributed by atoms with E-state index in [9.17, 15) is 14.4 Å². The first-order chi connectivity index (χ1) is 18.7. The van der Waals surface area contributed by atoms with Crippen molar-refractivity contribution in [2.45, 2.75) is 12.3 Å². The molecule has 0 unspecified atom stereocenters. The fourth-order valence-electron chi connectivity index (χ4n) is 4.33. The smallest absolute Gasteiger partial charge is 0.330 e. The van der Waals surface area contributed by atoms with Crippen molar-refractivity contribution < 1.29 is 37.4 Å². The number of carbonyl (C=O) groups is 3. The monoisotopic (exact) mass is 536 g/mol. The summed E-state index contributed by atoms with van der Waals surface area (Å²) in [6.45, 7) is -0.284. The Kier molecular flexibility index (Phi) is 7.94. The number of benzene rings is 3. The first-order valence-corrected chi connectivity index (χ1v) is 11.9. The van der Waals surface area contributed by atoms with Gasteiger partial charge in [-0.3, -0.25) is 9.59 Å². The average Bonchev–Trinajstić information content (AvgIpc) is 3.06. The molecule has 1 aliphatic rings. The fourth-order valence-corrected chi connectivity index (χ4v) is 4.33. The number of alkyl halides is 2. The molecule has 1 N–H and O–H groups in total. The SMILES string of the molecule is COC(=O)/C=C1/c2ccccc2N(C(=O)c2ccc(NC(=O)c3c(OC)cccc3OC)cc2)CCC1(F)F. The molecule has 0 bridgehead atoms. The summed E-state index contributed by atoms with van der Waals surface area (Å²) in [5, 5.41) is 2.74. The molecule has 10 heteroatoms. The van der Waals surface area contributed by atoms with Crippen molar-refractivity contribution in [1.29, 1.82) is 0 Å². The minimum atomic E-state index is -3.37. The Morgan fingerprint density at radius 1 is 0.897 bits per heavy atom. The Morgan fingerprint density at radius 3 is 2.15 bits per heavy atom. The number of ether oxygens (including phenoxy) is 3. The number of nitrogens with one attached hydrogen (secondary N) is 1. The molecular weight excluding hydrogens is 510 g/mol. The summed E-state index contributed by atoms with van der Waals surface area (Å²) in [4.78, 5) is 39.5. The van der Waals surface area contributed by atoms with Gasteiger partial charge in [0.15, 0.2) is 0 Å². The van der Waals surface area contributed by atoms with Crippen molar-refractivity contribution in [3.8, 4) is 11.5 Å². The van der Waals surface area contributed by atoms with E-state index in [2.05, 4.69) is 10.1 Å². The second kappa shape index (κ2) is 11.3. The molecule has 202 valence electrons. The number of para-hydroxylation sites is 1. The van der Waals surface area contributed by atoms with Crippen LogP contribution >= 0.6 is 0 Å². The minimum absolute atomic E-state index is 0.0633. The largest absolute Gasteiger partial charge is 0.496 e. The van der Waals surface area contributed by atoms with E-state index in [-0.39, 0.29) is 28.9 Å². The number of halogens is 2. The number of esters is 1. The third kappa shape index (κ3) is 5.59. The van der Waals surface area contributed by atoms with E-state index in [4.69, 9.17) is 9.47 Å². The molecule has 4 rings (SSSR count). The van der Waals surface area contributed by atoms with E-state index in [1.165, 1.54) is 49.5 Å². The summed E-state index contributed by atoms with van der Waals surface area (Å²) in [6, 6.07) is 17.2. The van der Waals surface area contributed by atoms with Gasteiger partial charge < -0.3 is 24.4 Å². The molecule has 3 aromatic carbocycles. The van der Waals surface area contributed by atoms with Crippen LogP contribution in [0.1, 0.15) is 32.7 Å². The van der Waals surface area contributed by atoms with E-state index >= 15 is 8.78 Å². The Balaban J connectivity index is 1.61. The van der Waals surface area contributed by atoms with E-state index in [1.54, 1.807) is 36.4 Å². The number of hydrogen-bond acceptors (Lipinski definition) is 6. The topological polar surface area (TPSA) is 94.2 Å². The van der Waals surface area contributed by atoms with Crippen LogP contribution in [0, 0.1) is 0 Å². The summed E-state index contributed by atoms with van der Waals surface area (Å²) in [6.07, 6.45) is 0.0755. The lowest BCUT2D eigenvalue weighted by Crippen LogP contribution is -2.33. The molecule has 0 atom stereocenters. The lowest BCUT2D eigenvalue weighted by atomic mass is 9.97. The third-order valence-corrected chi connectivity index (χ3v) is 6.28. The molecule has 0 saturated heterocycles. The number of rotatable bonds is 6. The molecule has 0 aromatic heterocycles. The Morgan fingerprint density at radius 2 is 1.54 bits per heavy atom. The first-order valence-electron chi connectivity index (χ1n) is 11.9. The van der Waals surface area contributed by atoms with Gasteiger partial charge in [-0.25, -0.2) is 13.6 Å². The predicted molar refractivity (Wildman–Crippen MR) is 142 cm³/mol. The average molecular weight is 537 g/mol. The van der Waals surface area contributed by atoms with Gasteiger partial charge in [0, 0.05) is 41.4 Å². The zero-order valence-electron chi connectivity index (χ0n) is 21.5. The second-order valence-electron chi connectivity index (χ2n) is 8.58. The van der Waals surface area contributed by atoms with Gasteiger partial charge in [0.2, 0.25) is 0 Å². The maximum Gasteiger partial charge on any atom is 0.330 e. The summed E-state index contributed by atoms with van der Waals surface area (Å²) in [5.74, 6) is -4.61. The van der Waals surface area contributed by atoms with Crippen molar-refractivity contribution in [3.05, 3.63) is 89.5 Å². The number of methoxy groups -OCH3 is 3. The van der Waals surface area contributed by atoms with Crippen LogP contribution in [-0.2, 0) is 9.53 Å². The standard InChI is InChI=1S/C29H26F2N2O6/c1-37-23-9-6-10-24(38-2)26(23)27(35)32-19-13-11-18(12-14-19)28(36)33-16-15-29(30,31)21(17-25(34)39-3)20-7-4-5-8-22(20)33/h4-14,17H,15-16H2,1-3H3,(H,32,35)/b21-17-. The molecule has 3 aromatic rings. The fraction of sp³-hybridized carbons (Fsp3) is 0.207. The van der Waals surface area contributed by atoms with Crippen LogP contribution < -0.4 is 19.7 Å². The van der Waals surface area contributed by atoms with Gasteiger partial charge in [0.05, 0.1) is 27.0 Å². The lowest BCUT2D eigenvalue weighted by molar-refractivity contribution is -0.134. The second-order valence-corrected chi connectivity index (χ2v) is 8.58. The van der Waals surface area contributed by atoms with Gasteiger partial charge in [0.1, 0.15) is 17.1 Å². The molecule has 1 aliphatic heterocycles. The molecular formula is C29H26F2N2O6. The Bertz CT molecular complexity index is 1410. The normalized spacial score (nSPS) is 15.1. The first kappa shape index (κ1) is 27.3. The zero-order valence-corrected chi connectivity index (χ0v) is 21.5. The number of amides is 2. The minimum Gasteiger partial charge on any atom is -0.496 e. The van der Waals surface area contributed by atoms with Crippen LogP contribution in [0.3, 0.4) is 0 Å². The molecule has 0 radical (unpaired) electrons. The highest BCUT2D eigenvalue weighted by Gasteiger charge is 2.41. The highest BCUT2D eigenvalue weighted by Crippen LogP contribution is 2.43. The molecule has 39 heavy (non-hydrogen) atoms. The number of hydrogen-bond donors (Lipinski definition) is 1. The zero-order chi connectivity index (χ0) is 28.2. The van der Waals surface area contributed by atoms with Crippen LogP contribution in [0.4, 0.5) is 20.2 Å². The van der Waals surface area contributed by atoms with E-state index < -0.39 is 35.7 Å². The summed E-state index contributed by atoms with van der Waals surface area (Å²) < 4.78 is 45.3. The van der Waals surface area contributed by atoms with Crippen LogP contribution in [-0.4, -0.2) is 51.6 Å². The molecule has 0 aliphatic carbocycles. The van der Waals surface area contributed by atoms with E-state index in [0.29, 0.717) is 17.2 Å².